The van der Waals surface area contributed by atoms with Crippen molar-refractivity contribution < 1.29 is 14.3 Å². The summed E-state index contributed by atoms with van der Waals surface area (Å²) in [6.07, 6.45) is 0.177. The number of aliphatic imine (C=N–C) groups is 1. The smallest absolute Gasteiger partial charge is 0.409 e. The summed E-state index contributed by atoms with van der Waals surface area (Å²) in [5, 5.41) is 3.30. The molecule has 0 atom stereocenters. The molecule has 2 amide bonds. The molecule has 170 valence electrons. The van der Waals surface area contributed by atoms with E-state index in [9.17, 15) is 9.59 Å². The molecule has 0 saturated carbocycles. The number of carbonyl (C=O) groups excluding carboxylic acids is 2. The fourth-order valence-corrected chi connectivity index (χ4v) is 3.94. The Balaban J connectivity index is 1.36. The summed E-state index contributed by atoms with van der Waals surface area (Å²) >= 11 is 0. The first-order valence-electron chi connectivity index (χ1n) is 11.1. The summed E-state index contributed by atoms with van der Waals surface area (Å²) in [4.78, 5) is 36.9. The van der Waals surface area contributed by atoms with Crippen LogP contribution in [0.1, 0.15) is 13.3 Å². The third-order valence-electron chi connectivity index (χ3n) is 5.69. The molecule has 0 radical (unpaired) electrons. The van der Waals surface area contributed by atoms with Gasteiger partial charge in [0, 0.05) is 78.1 Å². The van der Waals surface area contributed by atoms with Crippen LogP contribution in [-0.4, -0.2) is 105 Å². The number of guanidine groups is 1. The summed E-state index contributed by atoms with van der Waals surface area (Å²) in [6.45, 7) is 8.53. The van der Waals surface area contributed by atoms with Crippen LogP contribution in [0.2, 0.25) is 0 Å². The highest BCUT2D eigenvalue weighted by atomic mass is 16.6. The molecular weight excluding hydrogens is 396 g/mol. The fourth-order valence-electron chi connectivity index (χ4n) is 3.94. The van der Waals surface area contributed by atoms with Crippen molar-refractivity contribution in [2.75, 3.05) is 77.5 Å². The standard InChI is InChI=1S/C22H34N6O3/c1-3-31-22(30)28-17-15-27(16-18-28)21(23-2)24-10-9-20(29)26-13-11-25(12-14-26)19-7-5-4-6-8-19/h4-8H,3,9-18H2,1-2H3,(H,23,24). The van der Waals surface area contributed by atoms with Crippen molar-refractivity contribution in [2.45, 2.75) is 13.3 Å². The van der Waals surface area contributed by atoms with Crippen LogP contribution in [0.3, 0.4) is 0 Å². The van der Waals surface area contributed by atoms with Gasteiger partial charge in [0.15, 0.2) is 5.96 Å². The monoisotopic (exact) mass is 430 g/mol. The first-order valence-corrected chi connectivity index (χ1v) is 11.1. The lowest BCUT2D eigenvalue weighted by Gasteiger charge is -2.37. The lowest BCUT2D eigenvalue weighted by atomic mass is 10.2. The first-order chi connectivity index (χ1) is 15.1. The number of rotatable bonds is 5. The number of para-hydroxylation sites is 1. The molecule has 1 aromatic carbocycles. The van der Waals surface area contributed by atoms with Crippen LogP contribution >= 0.6 is 0 Å². The van der Waals surface area contributed by atoms with Crippen molar-refractivity contribution in [1.29, 1.82) is 0 Å². The Bertz CT molecular complexity index is 741. The van der Waals surface area contributed by atoms with E-state index in [2.05, 4.69) is 32.2 Å². The molecule has 2 aliphatic rings. The van der Waals surface area contributed by atoms with Crippen molar-refractivity contribution in [3.05, 3.63) is 30.3 Å². The summed E-state index contributed by atoms with van der Waals surface area (Å²) in [6, 6.07) is 10.3. The zero-order valence-corrected chi connectivity index (χ0v) is 18.6. The Morgan fingerprint density at radius 3 is 2.16 bits per heavy atom. The van der Waals surface area contributed by atoms with Crippen molar-refractivity contribution in [3.63, 3.8) is 0 Å². The second kappa shape index (κ2) is 11.4. The number of nitrogens with one attached hydrogen (secondary N) is 1. The van der Waals surface area contributed by atoms with Crippen LogP contribution in [0, 0.1) is 0 Å². The Morgan fingerprint density at radius 1 is 0.935 bits per heavy atom. The number of amides is 2. The molecule has 0 bridgehead atoms. The molecule has 9 nitrogen and oxygen atoms in total. The lowest BCUT2D eigenvalue weighted by molar-refractivity contribution is -0.131. The van der Waals surface area contributed by atoms with Crippen LogP contribution in [0.5, 0.6) is 0 Å². The number of hydrogen-bond donors (Lipinski definition) is 1. The summed E-state index contributed by atoms with van der Waals surface area (Å²) in [5.74, 6) is 0.938. The van der Waals surface area contributed by atoms with E-state index in [1.807, 2.05) is 30.0 Å². The molecule has 31 heavy (non-hydrogen) atoms. The van der Waals surface area contributed by atoms with Gasteiger partial charge in [-0.1, -0.05) is 18.2 Å². The zero-order chi connectivity index (χ0) is 22.1. The SMILES string of the molecule is CCOC(=O)N1CCN(C(=NC)NCCC(=O)N2CCN(c3ccccc3)CC2)CC1. The molecule has 2 heterocycles. The van der Waals surface area contributed by atoms with Crippen molar-refractivity contribution in [3.8, 4) is 0 Å². The minimum Gasteiger partial charge on any atom is -0.450 e. The number of hydrogen-bond acceptors (Lipinski definition) is 5. The molecule has 2 aliphatic heterocycles. The number of piperazine rings is 2. The van der Waals surface area contributed by atoms with E-state index >= 15 is 0 Å². The third-order valence-corrected chi connectivity index (χ3v) is 5.69. The highest BCUT2D eigenvalue weighted by Crippen LogP contribution is 2.15. The molecule has 1 aromatic rings. The van der Waals surface area contributed by atoms with E-state index in [-0.39, 0.29) is 12.0 Å². The molecule has 9 heteroatoms. The van der Waals surface area contributed by atoms with E-state index < -0.39 is 0 Å². The predicted molar refractivity (Wildman–Crippen MR) is 121 cm³/mol. The van der Waals surface area contributed by atoms with E-state index in [0.29, 0.717) is 45.8 Å². The van der Waals surface area contributed by atoms with Crippen molar-refractivity contribution in [1.82, 2.24) is 20.0 Å². The molecular formula is C22H34N6O3. The highest BCUT2D eigenvalue weighted by Gasteiger charge is 2.24. The van der Waals surface area contributed by atoms with Gasteiger partial charge in [-0.25, -0.2) is 4.79 Å². The molecule has 0 aliphatic carbocycles. The summed E-state index contributed by atoms with van der Waals surface area (Å²) in [7, 11) is 1.74. The Hall–Kier alpha value is -2.97. The average molecular weight is 431 g/mol. The Morgan fingerprint density at radius 2 is 1.55 bits per heavy atom. The quantitative estimate of drug-likeness (QED) is 0.556. The molecule has 1 N–H and O–H groups in total. The largest absolute Gasteiger partial charge is 0.450 e. The van der Waals surface area contributed by atoms with E-state index in [4.69, 9.17) is 4.74 Å². The molecule has 0 aromatic heterocycles. The topological polar surface area (TPSA) is 80.7 Å². The summed E-state index contributed by atoms with van der Waals surface area (Å²) < 4.78 is 5.06. The highest BCUT2D eigenvalue weighted by molar-refractivity contribution is 5.82. The maximum atomic E-state index is 12.6. The molecule has 0 spiro atoms. The first kappa shape index (κ1) is 22.7. The molecule has 0 unspecified atom stereocenters. The van der Waals surface area contributed by atoms with Crippen LogP contribution < -0.4 is 10.2 Å². The molecule has 2 fully saturated rings. The average Bonchev–Trinajstić information content (AvgIpc) is 2.83. The number of anilines is 1. The minimum atomic E-state index is -0.261. The van der Waals surface area contributed by atoms with Gasteiger partial charge in [0.1, 0.15) is 0 Å². The van der Waals surface area contributed by atoms with Crippen LogP contribution in [0.25, 0.3) is 0 Å². The normalized spacial score (nSPS) is 17.5. The van der Waals surface area contributed by atoms with Gasteiger partial charge in [0.25, 0.3) is 0 Å². The number of carbonyl (C=O) groups is 2. The van der Waals surface area contributed by atoms with Gasteiger partial charge < -0.3 is 29.7 Å². The maximum absolute atomic E-state index is 12.6. The lowest BCUT2D eigenvalue weighted by Crippen LogP contribution is -2.54. The van der Waals surface area contributed by atoms with Crippen LogP contribution in [-0.2, 0) is 9.53 Å². The number of nitrogens with zero attached hydrogens (tertiary/aromatic N) is 5. The Kier molecular flexibility index (Phi) is 8.37. The summed E-state index contributed by atoms with van der Waals surface area (Å²) in [5.41, 5.74) is 1.21. The number of ether oxygens (including phenoxy) is 1. The van der Waals surface area contributed by atoms with Crippen LogP contribution in [0.15, 0.2) is 35.3 Å². The second-order valence-corrected chi connectivity index (χ2v) is 7.60. The van der Waals surface area contributed by atoms with Gasteiger partial charge in [-0.05, 0) is 19.1 Å². The van der Waals surface area contributed by atoms with Gasteiger partial charge in [0.2, 0.25) is 5.91 Å². The van der Waals surface area contributed by atoms with Gasteiger partial charge in [-0.2, -0.15) is 0 Å². The fraction of sp³-hybridized carbons (Fsp3) is 0.591. The van der Waals surface area contributed by atoms with Gasteiger partial charge >= 0.3 is 6.09 Å². The third kappa shape index (κ3) is 6.26. The number of benzene rings is 1. The van der Waals surface area contributed by atoms with Gasteiger partial charge in [0.05, 0.1) is 6.61 Å². The minimum absolute atomic E-state index is 0.169. The van der Waals surface area contributed by atoms with Gasteiger partial charge in [-0.15, -0.1) is 0 Å². The zero-order valence-electron chi connectivity index (χ0n) is 18.6. The van der Waals surface area contributed by atoms with E-state index in [0.717, 1.165) is 32.1 Å². The van der Waals surface area contributed by atoms with Crippen molar-refractivity contribution >= 4 is 23.6 Å². The van der Waals surface area contributed by atoms with E-state index in [1.54, 1.807) is 11.9 Å². The van der Waals surface area contributed by atoms with Crippen LogP contribution in [0.4, 0.5) is 10.5 Å². The predicted octanol–water partition coefficient (Wildman–Crippen LogP) is 1.07. The molecule has 2 saturated heterocycles. The molecule has 3 rings (SSSR count). The van der Waals surface area contributed by atoms with Crippen molar-refractivity contribution in [2.24, 2.45) is 4.99 Å². The van der Waals surface area contributed by atoms with Gasteiger partial charge in [-0.3, -0.25) is 9.79 Å². The van der Waals surface area contributed by atoms with E-state index in [1.165, 1.54) is 5.69 Å². The Labute approximate surface area is 184 Å². The maximum Gasteiger partial charge on any atom is 0.409 e. The second-order valence-electron chi connectivity index (χ2n) is 7.60.